The molecule has 1 aromatic carbocycles. The summed E-state index contributed by atoms with van der Waals surface area (Å²) in [5.41, 5.74) is 1.07. The average Bonchev–Trinajstić information content (AvgIpc) is 2.66. The van der Waals surface area contributed by atoms with Crippen LogP contribution in [-0.4, -0.2) is 16.0 Å². The minimum absolute atomic E-state index is 0.0182. The Labute approximate surface area is 119 Å². The summed E-state index contributed by atoms with van der Waals surface area (Å²) in [4.78, 5) is 14.7. The SMILES string of the molecule is CC1CCC2(CC1)SC(C)C(=O)N2c1ccccc1. The molecule has 0 radical (unpaired) electrons. The monoisotopic (exact) mass is 275 g/mol. The molecule has 102 valence electrons. The van der Waals surface area contributed by atoms with Gasteiger partial charge < -0.3 is 0 Å². The third-order valence-electron chi connectivity index (χ3n) is 4.44. The summed E-state index contributed by atoms with van der Waals surface area (Å²) >= 11 is 1.88. The highest BCUT2D eigenvalue weighted by molar-refractivity contribution is 8.02. The summed E-state index contributed by atoms with van der Waals surface area (Å²) in [7, 11) is 0. The van der Waals surface area contributed by atoms with Crippen LogP contribution in [0.3, 0.4) is 0 Å². The van der Waals surface area contributed by atoms with Gasteiger partial charge in [0.1, 0.15) is 0 Å². The minimum Gasteiger partial charge on any atom is -0.296 e. The summed E-state index contributed by atoms with van der Waals surface area (Å²) in [6.45, 7) is 4.38. The van der Waals surface area contributed by atoms with Gasteiger partial charge in [-0.05, 0) is 50.7 Å². The zero-order valence-corrected chi connectivity index (χ0v) is 12.5. The maximum Gasteiger partial charge on any atom is 0.241 e. The van der Waals surface area contributed by atoms with Crippen LogP contribution in [-0.2, 0) is 4.79 Å². The van der Waals surface area contributed by atoms with E-state index in [-0.39, 0.29) is 16.0 Å². The predicted octanol–water partition coefficient (Wildman–Crippen LogP) is 4.06. The number of anilines is 1. The van der Waals surface area contributed by atoms with E-state index in [2.05, 4.69) is 30.9 Å². The fraction of sp³-hybridized carbons (Fsp3) is 0.562. The topological polar surface area (TPSA) is 20.3 Å². The zero-order valence-electron chi connectivity index (χ0n) is 11.6. The molecule has 1 heterocycles. The molecule has 2 fully saturated rings. The van der Waals surface area contributed by atoms with Gasteiger partial charge in [-0.1, -0.05) is 25.1 Å². The van der Waals surface area contributed by atoms with E-state index in [0.29, 0.717) is 0 Å². The second-order valence-corrected chi connectivity index (χ2v) is 7.60. The molecule has 1 saturated heterocycles. The van der Waals surface area contributed by atoms with E-state index >= 15 is 0 Å². The molecule has 1 aliphatic carbocycles. The Morgan fingerprint density at radius 2 is 1.79 bits per heavy atom. The third-order valence-corrected chi connectivity index (χ3v) is 6.03. The summed E-state index contributed by atoms with van der Waals surface area (Å²) in [6.07, 6.45) is 4.72. The van der Waals surface area contributed by atoms with Crippen molar-refractivity contribution in [3.63, 3.8) is 0 Å². The maximum atomic E-state index is 12.6. The molecule has 2 aliphatic rings. The molecule has 1 spiro atoms. The number of carbonyl (C=O) groups excluding carboxylic acids is 1. The zero-order chi connectivity index (χ0) is 13.5. The Balaban J connectivity index is 1.96. The van der Waals surface area contributed by atoms with E-state index < -0.39 is 0 Å². The molecular formula is C16H21NOS. The lowest BCUT2D eigenvalue weighted by molar-refractivity contribution is -0.118. The summed E-state index contributed by atoms with van der Waals surface area (Å²) in [6, 6.07) is 10.2. The van der Waals surface area contributed by atoms with E-state index in [1.807, 2.05) is 30.0 Å². The minimum atomic E-state index is 0.0182. The van der Waals surface area contributed by atoms with Crippen molar-refractivity contribution >= 4 is 23.4 Å². The lowest BCUT2D eigenvalue weighted by Crippen LogP contribution is -2.47. The van der Waals surface area contributed by atoms with E-state index in [1.54, 1.807) is 0 Å². The van der Waals surface area contributed by atoms with Gasteiger partial charge in [-0.2, -0.15) is 0 Å². The van der Waals surface area contributed by atoms with Crippen LogP contribution in [0.4, 0.5) is 5.69 Å². The fourth-order valence-electron chi connectivity index (χ4n) is 3.31. The van der Waals surface area contributed by atoms with Crippen LogP contribution in [0.5, 0.6) is 0 Å². The van der Waals surface area contributed by atoms with Crippen molar-refractivity contribution in [1.29, 1.82) is 0 Å². The predicted molar refractivity (Wildman–Crippen MR) is 81.3 cm³/mol. The number of hydrogen-bond acceptors (Lipinski definition) is 2. The smallest absolute Gasteiger partial charge is 0.241 e. The van der Waals surface area contributed by atoms with Crippen LogP contribution in [0.1, 0.15) is 39.5 Å². The molecule has 0 bridgehead atoms. The van der Waals surface area contributed by atoms with Crippen LogP contribution < -0.4 is 4.90 Å². The van der Waals surface area contributed by atoms with Crippen molar-refractivity contribution in [3.8, 4) is 0 Å². The molecular weight excluding hydrogens is 254 g/mol. The molecule has 1 aromatic rings. The first-order valence-electron chi connectivity index (χ1n) is 7.19. The molecule has 1 aliphatic heterocycles. The number of benzene rings is 1. The van der Waals surface area contributed by atoms with Crippen molar-refractivity contribution in [2.24, 2.45) is 5.92 Å². The number of para-hydroxylation sites is 1. The molecule has 19 heavy (non-hydrogen) atoms. The van der Waals surface area contributed by atoms with E-state index in [9.17, 15) is 4.79 Å². The van der Waals surface area contributed by atoms with Crippen molar-refractivity contribution in [1.82, 2.24) is 0 Å². The molecule has 0 aromatic heterocycles. The summed E-state index contributed by atoms with van der Waals surface area (Å²) in [5.74, 6) is 1.08. The van der Waals surface area contributed by atoms with Crippen LogP contribution >= 0.6 is 11.8 Å². The molecule has 3 rings (SSSR count). The largest absolute Gasteiger partial charge is 0.296 e. The Kier molecular flexibility index (Phi) is 3.34. The van der Waals surface area contributed by atoms with Crippen LogP contribution in [0.2, 0.25) is 0 Å². The van der Waals surface area contributed by atoms with E-state index in [0.717, 1.165) is 24.4 Å². The van der Waals surface area contributed by atoms with Crippen molar-refractivity contribution < 1.29 is 4.79 Å². The molecule has 0 N–H and O–H groups in total. The van der Waals surface area contributed by atoms with Gasteiger partial charge in [-0.15, -0.1) is 11.8 Å². The van der Waals surface area contributed by atoms with Gasteiger partial charge in [0.15, 0.2) is 0 Å². The third kappa shape index (κ3) is 2.18. The van der Waals surface area contributed by atoms with Crippen LogP contribution in [0.25, 0.3) is 0 Å². The quantitative estimate of drug-likeness (QED) is 0.770. The highest BCUT2D eigenvalue weighted by atomic mass is 32.2. The van der Waals surface area contributed by atoms with Gasteiger partial charge in [0.2, 0.25) is 5.91 Å². The van der Waals surface area contributed by atoms with E-state index in [1.165, 1.54) is 12.8 Å². The Hall–Kier alpha value is -0.960. The van der Waals surface area contributed by atoms with Crippen molar-refractivity contribution in [2.45, 2.75) is 49.7 Å². The van der Waals surface area contributed by atoms with Gasteiger partial charge >= 0.3 is 0 Å². The average molecular weight is 275 g/mol. The van der Waals surface area contributed by atoms with Gasteiger partial charge in [0, 0.05) is 5.69 Å². The first-order chi connectivity index (χ1) is 9.12. The fourth-order valence-corrected chi connectivity index (χ4v) is 4.95. The number of hydrogen-bond donors (Lipinski definition) is 0. The first-order valence-corrected chi connectivity index (χ1v) is 8.07. The standard InChI is InChI=1S/C16H21NOS/c1-12-8-10-16(11-9-12)17(15(18)13(2)19-16)14-6-4-3-5-7-14/h3-7,12-13H,8-11H2,1-2H3. The molecule has 3 heteroatoms. The second-order valence-electron chi connectivity index (χ2n) is 5.90. The maximum absolute atomic E-state index is 12.6. The molecule has 1 amide bonds. The number of amides is 1. The lowest BCUT2D eigenvalue weighted by atomic mass is 9.85. The summed E-state index contributed by atoms with van der Waals surface area (Å²) < 4.78 is 0. The van der Waals surface area contributed by atoms with Gasteiger partial charge in [-0.3, -0.25) is 9.69 Å². The van der Waals surface area contributed by atoms with E-state index in [4.69, 9.17) is 0 Å². The Morgan fingerprint density at radius 3 is 2.42 bits per heavy atom. The van der Waals surface area contributed by atoms with Gasteiger partial charge in [0.25, 0.3) is 0 Å². The highest BCUT2D eigenvalue weighted by Crippen LogP contribution is 2.52. The Bertz CT molecular complexity index is 465. The Morgan fingerprint density at radius 1 is 1.16 bits per heavy atom. The van der Waals surface area contributed by atoms with Crippen molar-refractivity contribution in [2.75, 3.05) is 4.90 Å². The number of nitrogens with zero attached hydrogens (tertiary/aromatic N) is 1. The first kappa shape index (κ1) is 13.0. The van der Waals surface area contributed by atoms with Crippen LogP contribution in [0, 0.1) is 5.92 Å². The molecule has 2 nitrogen and oxygen atoms in total. The van der Waals surface area contributed by atoms with Gasteiger partial charge in [0.05, 0.1) is 10.1 Å². The molecule has 1 saturated carbocycles. The number of carbonyl (C=O) groups is 1. The molecule has 1 unspecified atom stereocenters. The summed E-state index contributed by atoms with van der Waals surface area (Å²) in [5, 5.41) is 0.0913. The molecule has 1 atom stereocenters. The number of thioether (sulfide) groups is 1. The second kappa shape index (κ2) is 4.86. The lowest BCUT2D eigenvalue weighted by Gasteiger charge is -2.42. The normalized spacial score (nSPS) is 35.1. The highest BCUT2D eigenvalue weighted by Gasteiger charge is 2.51. The van der Waals surface area contributed by atoms with Crippen LogP contribution in [0.15, 0.2) is 30.3 Å². The number of rotatable bonds is 1. The van der Waals surface area contributed by atoms with Gasteiger partial charge in [-0.25, -0.2) is 0 Å². The van der Waals surface area contributed by atoms with Crippen molar-refractivity contribution in [3.05, 3.63) is 30.3 Å².